The normalized spacial score (nSPS) is 23.8. The first kappa shape index (κ1) is 15.2. The van der Waals surface area contributed by atoms with Crippen molar-refractivity contribution in [1.82, 2.24) is 9.96 Å². The first-order chi connectivity index (χ1) is 10.2. The Morgan fingerprint density at radius 3 is 2.77 bits per heavy atom. The van der Waals surface area contributed by atoms with E-state index in [9.17, 15) is 23.1 Å². The first-order valence-electron chi connectivity index (χ1n) is 6.35. The summed E-state index contributed by atoms with van der Waals surface area (Å²) in [6, 6.07) is -1.11. The van der Waals surface area contributed by atoms with Crippen LogP contribution in [0.1, 0.15) is 34.3 Å². The van der Waals surface area contributed by atoms with Gasteiger partial charge in [0, 0.05) is 9.75 Å². The van der Waals surface area contributed by atoms with Crippen molar-refractivity contribution in [2.24, 2.45) is 0 Å². The van der Waals surface area contributed by atoms with Crippen LogP contribution >= 0.6 is 11.3 Å². The van der Waals surface area contributed by atoms with Crippen molar-refractivity contribution in [1.29, 1.82) is 0 Å². The number of aryl methyl sites for hydroxylation is 1. The van der Waals surface area contributed by atoms with Gasteiger partial charge in [-0.1, -0.05) is 6.92 Å². The van der Waals surface area contributed by atoms with Gasteiger partial charge in [-0.05, 0) is 18.1 Å². The Labute approximate surface area is 129 Å². The summed E-state index contributed by atoms with van der Waals surface area (Å²) in [4.78, 5) is 26.1. The Kier molecular flexibility index (Phi) is 3.40. The number of carbonyl (C=O) groups excluding carboxylic acids is 1. The van der Waals surface area contributed by atoms with Gasteiger partial charge in [-0.25, -0.2) is 9.59 Å². The van der Waals surface area contributed by atoms with E-state index >= 15 is 0 Å². The molecule has 3 heterocycles. The van der Waals surface area contributed by atoms with Crippen molar-refractivity contribution in [2.45, 2.75) is 25.4 Å². The number of fused-ring (bicyclic) bond motifs is 4. The minimum Gasteiger partial charge on any atom is -0.479 e. The summed E-state index contributed by atoms with van der Waals surface area (Å²) >= 11 is 1.27. The summed E-state index contributed by atoms with van der Waals surface area (Å²) in [5.41, 5.74) is 0.542. The van der Waals surface area contributed by atoms with Crippen LogP contribution in [0.25, 0.3) is 0 Å². The Bertz CT molecular complexity index is 756. The number of nitrogens with zero attached hydrogens (tertiary/aromatic N) is 2. The molecule has 0 spiro atoms. The fourth-order valence-electron chi connectivity index (χ4n) is 2.73. The van der Waals surface area contributed by atoms with Crippen molar-refractivity contribution in [3.63, 3.8) is 0 Å². The molecule has 2 aliphatic heterocycles. The minimum atomic E-state index is -4.88. The van der Waals surface area contributed by atoms with Gasteiger partial charge in [0.2, 0.25) is 0 Å². The molecule has 11 heteroatoms. The molecule has 0 aromatic carbocycles. The second kappa shape index (κ2) is 4.91. The van der Waals surface area contributed by atoms with E-state index in [1.807, 2.05) is 6.92 Å². The third-order valence-electron chi connectivity index (χ3n) is 3.60. The summed E-state index contributed by atoms with van der Waals surface area (Å²) in [7, 11) is -4.88. The molecule has 2 N–H and O–H groups in total. The van der Waals surface area contributed by atoms with Gasteiger partial charge in [-0.3, -0.25) is 4.55 Å². The Balaban J connectivity index is 2.10. The number of aliphatic carboxylic acids is 1. The number of amides is 2. The average Bonchev–Trinajstić information content (AvgIpc) is 2.94. The second-order valence-corrected chi connectivity index (χ2v) is 7.08. The zero-order valence-corrected chi connectivity index (χ0v) is 12.9. The van der Waals surface area contributed by atoms with Crippen LogP contribution in [0.2, 0.25) is 0 Å². The Morgan fingerprint density at radius 2 is 2.23 bits per heavy atom. The van der Waals surface area contributed by atoms with E-state index in [0.717, 1.165) is 9.78 Å². The molecular weight excluding hydrogens is 336 g/mol. The molecule has 2 amide bonds. The smallest absolute Gasteiger partial charge is 0.418 e. The average molecular weight is 348 g/mol. The number of carboxylic acid groups (broad SMARTS) is 1. The van der Waals surface area contributed by atoms with Gasteiger partial charge in [0.05, 0.1) is 6.54 Å². The number of hydrogen-bond acceptors (Lipinski definition) is 6. The van der Waals surface area contributed by atoms with Gasteiger partial charge < -0.3 is 10.0 Å². The van der Waals surface area contributed by atoms with Crippen molar-refractivity contribution in [3.8, 4) is 0 Å². The molecule has 9 nitrogen and oxygen atoms in total. The molecule has 0 aliphatic carbocycles. The van der Waals surface area contributed by atoms with Gasteiger partial charge in [0.25, 0.3) is 0 Å². The van der Waals surface area contributed by atoms with Crippen LogP contribution in [0.15, 0.2) is 6.07 Å². The molecule has 0 saturated carbocycles. The third-order valence-corrected chi connectivity index (χ3v) is 5.30. The van der Waals surface area contributed by atoms with E-state index in [1.54, 1.807) is 6.07 Å². The maximum Gasteiger partial charge on any atom is 0.418 e. The number of hydrogen-bond donors (Lipinski definition) is 2. The van der Waals surface area contributed by atoms with Crippen LogP contribution in [0.4, 0.5) is 4.79 Å². The fourth-order valence-corrected chi connectivity index (χ4v) is 4.37. The summed E-state index contributed by atoms with van der Waals surface area (Å²) < 4.78 is 35.0. The van der Waals surface area contributed by atoms with Crippen LogP contribution < -0.4 is 0 Å². The molecule has 1 aromatic heterocycles. The molecule has 120 valence electrons. The van der Waals surface area contributed by atoms with Crippen LogP contribution in [-0.4, -0.2) is 46.6 Å². The topological polar surface area (TPSA) is 124 Å². The second-order valence-electron chi connectivity index (χ2n) is 4.91. The molecule has 1 saturated heterocycles. The highest BCUT2D eigenvalue weighted by Crippen LogP contribution is 2.47. The summed E-state index contributed by atoms with van der Waals surface area (Å²) in [6.07, 6.45) is 0.684. The SMILES string of the molecule is CCc1cc2c(s1)[C@@H](C(=O)O)N1C[C@H]2N(OS(=O)(=O)O)C1=O. The summed E-state index contributed by atoms with van der Waals surface area (Å²) in [5, 5.41) is 9.93. The molecule has 2 aliphatic rings. The van der Waals surface area contributed by atoms with Gasteiger partial charge in [0.15, 0.2) is 6.04 Å². The first-order valence-corrected chi connectivity index (χ1v) is 8.53. The molecule has 2 bridgehead atoms. The maximum atomic E-state index is 12.2. The minimum absolute atomic E-state index is 0.0157. The molecule has 0 unspecified atom stereocenters. The lowest BCUT2D eigenvalue weighted by atomic mass is 9.99. The largest absolute Gasteiger partial charge is 0.479 e. The van der Waals surface area contributed by atoms with E-state index in [0.29, 0.717) is 21.9 Å². The molecule has 2 atom stereocenters. The zero-order chi connectivity index (χ0) is 16.2. The lowest BCUT2D eigenvalue weighted by Gasteiger charge is -2.27. The van der Waals surface area contributed by atoms with E-state index in [2.05, 4.69) is 4.28 Å². The molecule has 1 fully saturated rings. The highest BCUT2D eigenvalue weighted by molar-refractivity contribution is 7.80. The van der Waals surface area contributed by atoms with Crippen molar-refractivity contribution >= 4 is 33.7 Å². The maximum absolute atomic E-state index is 12.2. The highest BCUT2D eigenvalue weighted by Gasteiger charge is 2.53. The fraction of sp³-hybridized carbons (Fsp3) is 0.455. The number of carbonyl (C=O) groups is 2. The number of rotatable bonds is 4. The highest BCUT2D eigenvalue weighted by atomic mass is 32.3. The standard InChI is InChI=1S/C11H12N2O7S2/c1-2-5-3-6-7-4-12(8(10(14)15)9(6)21-5)11(16)13(7)20-22(17,18)19/h3,7-8H,2,4H2,1H3,(H,14,15)(H,17,18,19)/t7-,8+/m1/s1. The number of urea groups is 1. The van der Waals surface area contributed by atoms with Gasteiger partial charge in [-0.15, -0.1) is 15.6 Å². The van der Waals surface area contributed by atoms with Crippen molar-refractivity contribution in [3.05, 3.63) is 21.4 Å². The summed E-state index contributed by atoms with van der Waals surface area (Å²) in [5.74, 6) is -1.20. The van der Waals surface area contributed by atoms with Crippen molar-refractivity contribution < 1.29 is 31.9 Å². The molecular formula is C11H12N2O7S2. The molecule has 0 radical (unpaired) electrons. The van der Waals surface area contributed by atoms with E-state index < -0.39 is 34.5 Å². The van der Waals surface area contributed by atoms with E-state index in [4.69, 9.17) is 4.55 Å². The van der Waals surface area contributed by atoms with E-state index in [-0.39, 0.29) is 6.54 Å². The molecule has 22 heavy (non-hydrogen) atoms. The quantitative estimate of drug-likeness (QED) is 0.777. The van der Waals surface area contributed by atoms with Crippen LogP contribution in [-0.2, 0) is 25.9 Å². The number of carboxylic acids is 1. The summed E-state index contributed by atoms with van der Waals surface area (Å²) in [6.45, 7) is 1.89. The zero-order valence-electron chi connectivity index (χ0n) is 11.3. The predicted octanol–water partition coefficient (Wildman–Crippen LogP) is 0.963. The lowest BCUT2D eigenvalue weighted by Crippen LogP contribution is -2.38. The lowest BCUT2D eigenvalue weighted by molar-refractivity contribution is -0.142. The van der Waals surface area contributed by atoms with Crippen LogP contribution in [0, 0.1) is 0 Å². The predicted molar refractivity (Wildman–Crippen MR) is 73.4 cm³/mol. The Hall–Kier alpha value is -1.69. The van der Waals surface area contributed by atoms with Crippen molar-refractivity contribution in [2.75, 3.05) is 6.54 Å². The number of hydroxylamine groups is 2. The molecule has 1 aromatic rings. The van der Waals surface area contributed by atoms with E-state index in [1.165, 1.54) is 11.3 Å². The van der Waals surface area contributed by atoms with Gasteiger partial charge >= 0.3 is 22.4 Å². The number of thiophene rings is 1. The molecule has 3 rings (SSSR count). The van der Waals surface area contributed by atoms with Gasteiger partial charge in [-0.2, -0.15) is 13.5 Å². The monoisotopic (exact) mass is 348 g/mol. The van der Waals surface area contributed by atoms with Gasteiger partial charge in [0.1, 0.15) is 6.04 Å². The van der Waals surface area contributed by atoms with Crippen LogP contribution in [0.5, 0.6) is 0 Å². The Morgan fingerprint density at radius 1 is 1.55 bits per heavy atom. The third kappa shape index (κ3) is 2.26. The van der Waals surface area contributed by atoms with Crippen LogP contribution in [0.3, 0.4) is 0 Å².